The minimum absolute atomic E-state index is 0.126. The van der Waals surface area contributed by atoms with Crippen molar-refractivity contribution in [1.82, 2.24) is 9.80 Å². The molecule has 5 aliphatic rings. The summed E-state index contributed by atoms with van der Waals surface area (Å²) in [6.45, 7) is 4.11. The van der Waals surface area contributed by atoms with Gasteiger partial charge in [0.25, 0.3) is 0 Å². The van der Waals surface area contributed by atoms with Gasteiger partial charge in [-0.3, -0.25) is 14.4 Å². The number of rotatable bonds is 4. The quantitative estimate of drug-likeness (QED) is 0.496. The molecule has 0 bridgehead atoms. The summed E-state index contributed by atoms with van der Waals surface area (Å²) in [6.07, 6.45) is 14.0. The van der Waals surface area contributed by atoms with Crippen LogP contribution in [0.15, 0.2) is 24.3 Å². The third-order valence-electron chi connectivity index (χ3n) is 8.63. The summed E-state index contributed by atoms with van der Waals surface area (Å²) in [5.74, 6) is -2.65. The first-order valence-corrected chi connectivity index (χ1v) is 12.9. The Hall–Kier alpha value is -2.19. The van der Waals surface area contributed by atoms with Crippen molar-refractivity contribution in [2.75, 3.05) is 19.8 Å². The van der Waals surface area contributed by atoms with Crippen molar-refractivity contribution in [2.24, 2.45) is 11.8 Å². The SMILES string of the molecule is CC[C@@]12C=CCCOC(=O)[C@@H]1[C@H]1C(=O)N([C@H](C)CO)C3C(=O)N(C4CCCCC4)CC=C[C@@]31O2. The molecule has 2 saturated heterocycles. The highest BCUT2D eigenvalue weighted by molar-refractivity contribution is 5.99. The van der Waals surface area contributed by atoms with E-state index in [-0.39, 0.29) is 31.1 Å². The zero-order valence-corrected chi connectivity index (χ0v) is 20.2. The number of nitrogens with zero attached hydrogens (tertiary/aromatic N) is 2. The molecule has 1 saturated carbocycles. The van der Waals surface area contributed by atoms with E-state index in [1.165, 1.54) is 11.3 Å². The molecule has 186 valence electrons. The third kappa shape index (κ3) is 3.28. The summed E-state index contributed by atoms with van der Waals surface area (Å²) in [5, 5.41) is 10.0. The van der Waals surface area contributed by atoms with E-state index in [2.05, 4.69) is 0 Å². The number of aliphatic hydroxyl groups excluding tert-OH is 1. The number of ether oxygens (including phenoxy) is 2. The molecule has 3 fully saturated rings. The largest absolute Gasteiger partial charge is 0.465 e. The van der Waals surface area contributed by atoms with Crippen molar-refractivity contribution in [3.63, 3.8) is 0 Å². The van der Waals surface area contributed by atoms with Crippen LogP contribution in [0.2, 0.25) is 0 Å². The average Bonchev–Trinajstić information content (AvgIpc) is 3.20. The molecule has 0 aromatic heterocycles. The molecule has 6 atom stereocenters. The van der Waals surface area contributed by atoms with Gasteiger partial charge >= 0.3 is 5.97 Å². The van der Waals surface area contributed by atoms with Gasteiger partial charge in [0, 0.05) is 12.6 Å². The monoisotopic (exact) mass is 472 g/mol. The first-order chi connectivity index (χ1) is 16.4. The lowest BCUT2D eigenvalue weighted by molar-refractivity contribution is -0.164. The molecular weight excluding hydrogens is 436 g/mol. The van der Waals surface area contributed by atoms with Crippen LogP contribution in [-0.2, 0) is 23.9 Å². The van der Waals surface area contributed by atoms with E-state index in [0.717, 1.165) is 25.7 Å². The van der Waals surface area contributed by atoms with Gasteiger partial charge in [0.05, 0.1) is 25.2 Å². The number of fused-ring (bicyclic) bond motifs is 2. The van der Waals surface area contributed by atoms with E-state index in [4.69, 9.17) is 9.47 Å². The van der Waals surface area contributed by atoms with Crippen molar-refractivity contribution >= 4 is 17.8 Å². The van der Waals surface area contributed by atoms with Gasteiger partial charge in [-0.05, 0) is 32.6 Å². The Morgan fingerprint density at radius 1 is 1.09 bits per heavy atom. The molecule has 0 aromatic carbocycles. The van der Waals surface area contributed by atoms with Crippen LogP contribution in [-0.4, -0.2) is 81.8 Å². The Bertz CT molecular complexity index is 911. The first-order valence-electron chi connectivity index (χ1n) is 12.9. The van der Waals surface area contributed by atoms with Gasteiger partial charge in [0.15, 0.2) is 0 Å². The highest BCUT2D eigenvalue weighted by Gasteiger charge is 2.75. The molecule has 0 aromatic rings. The van der Waals surface area contributed by atoms with Gasteiger partial charge in [-0.1, -0.05) is 50.5 Å². The highest BCUT2D eigenvalue weighted by atomic mass is 16.6. The van der Waals surface area contributed by atoms with Gasteiger partial charge in [-0.25, -0.2) is 0 Å². The average molecular weight is 473 g/mol. The topological polar surface area (TPSA) is 96.4 Å². The summed E-state index contributed by atoms with van der Waals surface area (Å²) in [5.41, 5.74) is -2.30. The van der Waals surface area contributed by atoms with Crippen molar-refractivity contribution < 1.29 is 29.0 Å². The smallest absolute Gasteiger partial charge is 0.313 e. The number of hydrogen-bond donors (Lipinski definition) is 1. The van der Waals surface area contributed by atoms with Crippen LogP contribution in [0.4, 0.5) is 0 Å². The predicted octanol–water partition coefficient (Wildman–Crippen LogP) is 1.96. The van der Waals surface area contributed by atoms with Gasteiger partial charge in [-0.2, -0.15) is 0 Å². The molecule has 1 N–H and O–H groups in total. The van der Waals surface area contributed by atoms with Crippen molar-refractivity contribution in [2.45, 2.75) is 88.1 Å². The molecule has 2 amide bonds. The molecule has 1 unspecified atom stereocenters. The molecule has 0 radical (unpaired) electrons. The van der Waals surface area contributed by atoms with E-state index in [1.807, 2.05) is 36.1 Å². The van der Waals surface area contributed by atoms with Gasteiger partial charge in [0.2, 0.25) is 11.8 Å². The third-order valence-corrected chi connectivity index (χ3v) is 8.63. The summed E-state index contributed by atoms with van der Waals surface area (Å²) in [7, 11) is 0. The molecule has 4 aliphatic heterocycles. The van der Waals surface area contributed by atoms with Crippen LogP contribution in [0, 0.1) is 11.8 Å². The van der Waals surface area contributed by atoms with Crippen molar-refractivity contribution in [3.8, 4) is 0 Å². The Morgan fingerprint density at radius 3 is 2.56 bits per heavy atom. The first kappa shape index (κ1) is 23.5. The maximum atomic E-state index is 14.3. The second-order valence-corrected chi connectivity index (χ2v) is 10.4. The van der Waals surface area contributed by atoms with Crippen molar-refractivity contribution in [3.05, 3.63) is 24.3 Å². The fourth-order valence-electron chi connectivity index (χ4n) is 6.97. The van der Waals surface area contributed by atoms with Crippen LogP contribution < -0.4 is 0 Å². The standard InChI is InChI=1S/C26H36N2O6/c1-3-25-12-7-8-15-33-24(32)20(25)19-22(30)28(17(2)16-29)21-23(31)27(18-10-5-4-6-11-18)14-9-13-26(19,21)34-25/h7,9,12-13,17-21,29H,3-6,8,10-11,14-16H2,1-2H3/t17-,19+,20+,21?,25-,26+/m1/s1. The number of cyclic esters (lactones) is 1. The molecule has 34 heavy (non-hydrogen) atoms. The number of aliphatic hydroxyl groups is 1. The van der Waals surface area contributed by atoms with Gasteiger partial charge in [0.1, 0.15) is 23.2 Å². The number of carbonyl (C=O) groups is 3. The molecule has 5 rings (SSSR count). The van der Waals surface area contributed by atoms with Gasteiger partial charge in [-0.15, -0.1) is 0 Å². The summed E-state index contributed by atoms with van der Waals surface area (Å²) < 4.78 is 12.4. The van der Waals surface area contributed by atoms with E-state index in [1.54, 1.807) is 6.92 Å². The Kier molecular flexibility index (Phi) is 6.09. The lowest BCUT2D eigenvalue weighted by Gasteiger charge is -2.42. The second-order valence-electron chi connectivity index (χ2n) is 10.4. The number of esters is 1. The van der Waals surface area contributed by atoms with Crippen LogP contribution in [0.25, 0.3) is 0 Å². The minimum atomic E-state index is -1.28. The number of likely N-dealkylation sites (tertiary alicyclic amines) is 1. The van der Waals surface area contributed by atoms with E-state index >= 15 is 0 Å². The predicted molar refractivity (Wildman–Crippen MR) is 123 cm³/mol. The maximum Gasteiger partial charge on any atom is 0.313 e. The maximum absolute atomic E-state index is 14.3. The Balaban J connectivity index is 1.65. The summed E-state index contributed by atoms with van der Waals surface area (Å²) in [4.78, 5) is 45.0. The molecule has 1 aliphatic carbocycles. The van der Waals surface area contributed by atoms with Crippen LogP contribution in [0.5, 0.6) is 0 Å². The van der Waals surface area contributed by atoms with Crippen LogP contribution >= 0.6 is 0 Å². The van der Waals surface area contributed by atoms with Crippen LogP contribution in [0.3, 0.4) is 0 Å². The normalized spacial score (nSPS) is 39.1. The molecule has 1 spiro atoms. The summed E-state index contributed by atoms with van der Waals surface area (Å²) in [6, 6.07) is -1.38. The van der Waals surface area contributed by atoms with Crippen LogP contribution in [0.1, 0.15) is 58.8 Å². The Morgan fingerprint density at radius 2 is 1.85 bits per heavy atom. The van der Waals surface area contributed by atoms with Gasteiger partial charge < -0.3 is 24.4 Å². The Labute approximate surface area is 200 Å². The highest BCUT2D eigenvalue weighted by Crippen LogP contribution is 2.58. The molecular formula is C26H36N2O6. The zero-order valence-electron chi connectivity index (χ0n) is 20.2. The molecule has 4 heterocycles. The molecule has 8 heteroatoms. The second kappa shape index (κ2) is 8.79. The fourth-order valence-corrected chi connectivity index (χ4v) is 6.97. The number of hydrogen-bond acceptors (Lipinski definition) is 6. The van der Waals surface area contributed by atoms with E-state index in [0.29, 0.717) is 19.4 Å². The number of amides is 2. The van der Waals surface area contributed by atoms with E-state index < -0.39 is 41.1 Å². The van der Waals surface area contributed by atoms with Crippen molar-refractivity contribution in [1.29, 1.82) is 0 Å². The minimum Gasteiger partial charge on any atom is -0.465 e. The van der Waals surface area contributed by atoms with E-state index in [9.17, 15) is 19.5 Å². The lowest BCUT2D eigenvalue weighted by atomic mass is 9.73. The summed E-state index contributed by atoms with van der Waals surface area (Å²) >= 11 is 0. The molecule has 8 nitrogen and oxygen atoms in total. The lowest BCUT2D eigenvalue weighted by Crippen LogP contribution is -2.59. The fraction of sp³-hybridized carbons (Fsp3) is 0.731. The number of carbonyl (C=O) groups excluding carboxylic acids is 3. The zero-order chi connectivity index (χ0) is 24.1.